The van der Waals surface area contributed by atoms with E-state index in [0.29, 0.717) is 16.4 Å². The van der Waals surface area contributed by atoms with Crippen LogP contribution in [0.15, 0.2) is 47.0 Å². The molecule has 1 aromatic carbocycles. The number of anilines is 1. The number of nitrogens with one attached hydrogen (secondary N) is 2. The standard InChI is InChI=1S/C17H17N11O3S/c1-9(10-5-3-4-6-12(10)29)20-22-16(30)13-11(7-32-17-23-19-8-27(17)2)28(26-21-13)15-14(18)24-31-25-15/h3-6,8,20,29H,1,7H2,2H3,(H2,18,24)(H,22,30). The van der Waals surface area contributed by atoms with Crippen molar-refractivity contribution in [1.29, 1.82) is 0 Å². The van der Waals surface area contributed by atoms with Gasteiger partial charge in [0.15, 0.2) is 10.9 Å². The molecule has 0 unspecified atom stereocenters. The van der Waals surface area contributed by atoms with Crippen molar-refractivity contribution in [1.82, 2.24) is 50.9 Å². The van der Waals surface area contributed by atoms with Gasteiger partial charge >= 0.3 is 0 Å². The monoisotopic (exact) mass is 455 g/mol. The second-order valence-electron chi connectivity index (χ2n) is 6.36. The van der Waals surface area contributed by atoms with Crippen molar-refractivity contribution in [3.8, 4) is 11.6 Å². The second-order valence-corrected chi connectivity index (χ2v) is 7.30. The highest BCUT2D eigenvalue weighted by Crippen LogP contribution is 2.25. The van der Waals surface area contributed by atoms with Crippen molar-refractivity contribution in [2.24, 2.45) is 7.05 Å². The third-order valence-electron chi connectivity index (χ3n) is 4.24. The van der Waals surface area contributed by atoms with Gasteiger partial charge in [0, 0.05) is 18.4 Å². The lowest BCUT2D eigenvalue weighted by Gasteiger charge is -2.12. The van der Waals surface area contributed by atoms with Crippen molar-refractivity contribution in [2.75, 3.05) is 5.73 Å². The zero-order chi connectivity index (χ0) is 22.7. The Morgan fingerprint density at radius 1 is 1.28 bits per heavy atom. The number of rotatable bonds is 8. The van der Waals surface area contributed by atoms with Gasteiger partial charge in [-0.1, -0.05) is 35.7 Å². The fourth-order valence-corrected chi connectivity index (χ4v) is 3.52. The lowest BCUT2D eigenvalue weighted by molar-refractivity contribution is 0.0936. The number of benzene rings is 1. The van der Waals surface area contributed by atoms with Crippen LogP contribution in [0.3, 0.4) is 0 Å². The van der Waals surface area contributed by atoms with Crippen LogP contribution in [0.4, 0.5) is 5.82 Å². The Labute approximate surface area is 184 Å². The highest BCUT2D eigenvalue weighted by molar-refractivity contribution is 7.98. The predicted molar refractivity (Wildman–Crippen MR) is 112 cm³/mol. The Hall–Kier alpha value is -4.40. The molecule has 0 atom stereocenters. The molecule has 1 amide bonds. The van der Waals surface area contributed by atoms with E-state index in [2.05, 4.69) is 52.9 Å². The van der Waals surface area contributed by atoms with E-state index >= 15 is 0 Å². The molecule has 15 heteroatoms. The first kappa shape index (κ1) is 20.9. The van der Waals surface area contributed by atoms with Crippen LogP contribution in [0.1, 0.15) is 21.7 Å². The van der Waals surface area contributed by atoms with Gasteiger partial charge in [-0.05, 0) is 22.4 Å². The van der Waals surface area contributed by atoms with E-state index in [-0.39, 0.29) is 34.5 Å². The van der Waals surface area contributed by atoms with Crippen molar-refractivity contribution < 1.29 is 14.5 Å². The number of amides is 1. The number of nitrogen functional groups attached to an aromatic ring is 1. The number of aromatic nitrogens is 8. The number of aromatic hydroxyl groups is 1. The molecule has 164 valence electrons. The van der Waals surface area contributed by atoms with Crippen molar-refractivity contribution in [2.45, 2.75) is 10.9 Å². The summed E-state index contributed by atoms with van der Waals surface area (Å²) < 4.78 is 7.63. The number of carbonyl (C=O) groups is 1. The second kappa shape index (κ2) is 8.76. The van der Waals surface area contributed by atoms with E-state index in [4.69, 9.17) is 5.73 Å². The molecule has 32 heavy (non-hydrogen) atoms. The van der Waals surface area contributed by atoms with Crippen molar-refractivity contribution in [3.05, 3.63) is 54.1 Å². The molecule has 3 aromatic heterocycles. The number of nitrogens with two attached hydrogens (primary N) is 1. The summed E-state index contributed by atoms with van der Waals surface area (Å²) in [6.45, 7) is 3.81. The van der Waals surface area contributed by atoms with E-state index in [1.54, 1.807) is 36.1 Å². The number of thioether (sulfide) groups is 1. The highest BCUT2D eigenvalue weighted by Gasteiger charge is 2.24. The first-order valence-electron chi connectivity index (χ1n) is 8.99. The first-order valence-corrected chi connectivity index (χ1v) is 9.97. The fraction of sp³-hybridized carbons (Fsp3) is 0.118. The summed E-state index contributed by atoms with van der Waals surface area (Å²) in [5.74, 6) is -0.277. The van der Waals surface area contributed by atoms with Gasteiger partial charge in [0.2, 0.25) is 11.6 Å². The Bertz CT molecular complexity index is 1280. The molecule has 4 rings (SSSR count). The minimum Gasteiger partial charge on any atom is -0.507 e. The maximum absolute atomic E-state index is 12.9. The summed E-state index contributed by atoms with van der Waals surface area (Å²) in [7, 11) is 1.79. The van der Waals surface area contributed by atoms with Gasteiger partial charge in [-0.15, -0.1) is 15.3 Å². The van der Waals surface area contributed by atoms with Crippen LogP contribution >= 0.6 is 11.8 Å². The zero-order valence-electron chi connectivity index (χ0n) is 16.6. The Kier molecular flexibility index (Phi) is 5.71. The maximum Gasteiger partial charge on any atom is 0.292 e. The molecule has 3 heterocycles. The summed E-state index contributed by atoms with van der Waals surface area (Å²) in [5, 5.41) is 33.6. The average molecular weight is 455 g/mol. The van der Waals surface area contributed by atoms with Crippen LogP contribution < -0.4 is 16.6 Å². The molecular formula is C17H17N11O3S. The largest absolute Gasteiger partial charge is 0.507 e. The van der Waals surface area contributed by atoms with Crippen LogP contribution in [-0.2, 0) is 12.8 Å². The zero-order valence-corrected chi connectivity index (χ0v) is 17.4. The average Bonchev–Trinajstić information content (AvgIpc) is 3.50. The van der Waals surface area contributed by atoms with Crippen LogP contribution in [0.5, 0.6) is 5.75 Å². The third-order valence-corrected chi connectivity index (χ3v) is 5.28. The Balaban J connectivity index is 1.57. The lowest BCUT2D eigenvalue weighted by Crippen LogP contribution is -2.36. The molecule has 0 bridgehead atoms. The number of carbonyl (C=O) groups excluding carboxylic acids is 1. The maximum atomic E-state index is 12.9. The quantitative estimate of drug-likeness (QED) is 0.210. The molecule has 0 aliphatic carbocycles. The van der Waals surface area contributed by atoms with Gasteiger partial charge in [0.25, 0.3) is 5.91 Å². The fourth-order valence-electron chi connectivity index (χ4n) is 2.64. The van der Waals surface area contributed by atoms with E-state index < -0.39 is 5.91 Å². The summed E-state index contributed by atoms with van der Waals surface area (Å²) in [5.41, 5.74) is 12.0. The van der Waals surface area contributed by atoms with E-state index in [1.807, 2.05) is 0 Å². The van der Waals surface area contributed by atoms with Gasteiger partial charge in [-0.2, -0.15) is 4.68 Å². The molecule has 0 aliphatic rings. The van der Waals surface area contributed by atoms with Crippen LogP contribution in [-0.4, -0.2) is 51.1 Å². The van der Waals surface area contributed by atoms with Gasteiger partial charge in [-0.25, -0.2) is 4.63 Å². The van der Waals surface area contributed by atoms with E-state index in [1.165, 1.54) is 22.5 Å². The number of hydrogen-bond donors (Lipinski definition) is 4. The molecule has 0 saturated heterocycles. The number of nitrogens with zero attached hydrogens (tertiary/aromatic N) is 8. The number of para-hydroxylation sites is 1. The van der Waals surface area contributed by atoms with E-state index in [9.17, 15) is 9.90 Å². The third kappa shape index (κ3) is 4.08. The minimum atomic E-state index is -0.601. The molecule has 0 saturated carbocycles. The van der Waals surface area contributed by atoms with Gasteiger partial charge < -0.3 is 15.4 Å². The minimum absolute atomic E-state index is 0.000322. The summed E-state index contributed by atoms with van der Waals surface area (Å²) in [6, 6.07) is 6.56. The van der Waals surface area contributed by atoms with Crippen molar-refractivity contribution in [3.63, 3.8) is 0 Å². The molecule has 4 aromatic rings. The number of hydrogen-bond acceptors (Lipinski definition) is 12. The predicted octanol–water partition coefficient (Wildman–Crippen LogP) is 0.264. The van der Waals surface area contributed by atoms with Crippen molar-refractivity contribution >= 4 is 29.2 Å². The molecule has 0 radical (unpaired) electrons. The highest BCUT2D eigenvalue weighted by atomic mass is 32.2. The van der Waals surface area contributed by atoms with Crippen LogP contribution in [0.2, 0.25) is 0 Å². The summed E-state index contributed by atoms with van der Waals surface area (Å²) in [6.07, 6.45) is 1.56. The smallest absolute Gasteiger partial charge is 0.292 e. The Morgan fingerprint density at radius 3 is 2.78 bits per heavy atom. The topological polar surface area (TPSA) is 188 Å². The van der Waals surface area contributed by atoms with Gasteiger partial charge in [0.05, 0.1) is 11.4 Å². The molecule has 5 N–H and O–H groups in total. The summed E-state index contributed by atoms with van der Waals surface area (Å²) >= 11 is 1.30. The normalized spacial score (nSPS) is 10.8. The van der Waals surface area contributed by atoms with Crippen LogP contribution in [0.25, 0.3) is 11.5 Å². The molecular weight excluding hydrogens is 438 g/mol. The lowest BCUT2D eigenvalue weighted by atomic mass is 10.1. The van der Waals surface area contributed by atoms with Crippen LogP contribution in [0, 0.1) is 0 Å². The molecule has 0 spiro atoms. The molecule has 0 fully saturated rings. The number of phenolic OH excluding ortho intramolecular Hbond substituents is 1. The van der Waals surface area contributed by atoms with Gasteiger partial charge in [0.1, 0.15) is 12.1 Å². The molecule has 0 aliphatic heterocycles. The molecule has 14 nitrogen and oxygen atoms in total. The SMILES string of the molecule is C=C(NNC(=O)c1nnn(-c2nonc2N)c1CSc1nncn1C)c1ccccc1O. The van der Waals surface area contributed by atoms with Gasteiger partial charge in [-0.3, -0.25) is 15.6 Å². The van der Waals surface area contributed by atoms with E-state index in [0.717, 1.165) is 0 Å². The number of aryl methyl sites for hydroxylation is 1. The first-order chi connectivity index (χ1) is 15.5. The summed E-state index contributed by atoms with van der Waals surface area (Å²) in [4.78, 5) is 12.9. The number of phenols is 1. The Morgan fingerprint density at radius 2 is 2.09 bits per heavy atom. The number of hydrazine groups is 1.